The van der Waals surface area contributed by atoms with Crippen LogP contribution in [0.1, 0.15) is 0 Å². The third-order valence-electron chi connectivity index (χ3n) is 3.81. The molecule has 1 aliphatic heterocycles. The van der Waals surface area contributed by atoms with Crippen molar-refractivity contribution in [3.63, 3.8) is 0 Å². The SMILES string of the molecule is CS(=O)(=O)CCNC(=O)N1CCN(S(=O)(=O)c2cccc(Cl)c2Cl)CC1. The lowest BCUT2D eigenvalue weighted by molar-refractivity contribution is 0.173. The van der Waals surface area contributed by atoms with Crippen LogP contribution in [0.15, 0.2) is 23.1 Å². The fraction of sp³-hybridized carbons (Fsp3) is 0.500. The molecule has 0 aromatic heterocycles. The summed E-state index contributed by atoms with van der Waals surface area (Å²) in [6.07, 6.45) is 1.09. The maximum atomic E-state index is 12.7. The number of amides is 2. The molecule has 0 bridgehead atoms. The van der Waals surface area contributed by atoms with Crippen molar-refractivity contribution in [1.29, 1.82) is 0 Å². The number of carbonyl (C=O) groups excluding carboxylic acids is 1. The van der Waals surface area contributed by atoms with Crippen molar-refractivity contribution in [3.05, 3.63) is 28.2 Å². The van der Waals surface area contributed by atoms with Gasteiger partial charge in [0.2, 0.25) is 10.0 Å². The van der Waals surface area contributed by atoms with Crippen molar-refractivity contribution in [2.24, 2.45) is 0 Å². The van der Waals surface area contributed by atoms with Gasteiger partial charge in [-0.25, -0.2) is 21.6 Å². The van der Waals surface area contributed by atoms with Crippen molar-refractivity contribution in [1.82, 2.24) is 14.5 Å². The van der Waals surface area contributed by atoms with E-state index in [1.54, 1.807) is 0 Å². The fourth-order valence-corrected chi connectivity index (χ4v) is 5.04. The highest BCUT2D eigenvalue weighted by Gasteiger charge is 2.31. The van der Waals surface area contributed by atoms with Gasteiger partial charge in [0.05, 0.1) is 15.8 Å². The summed E-state index contributed by atoms with van der Waals surface area (Å²) in [6.45, 7) is 0.577. The van der Waals surface area contributed by atoms with E-state index in [9.17, 15) is 21.6 Å². The summed E-state index contributed by atoms with van der Waals surface area (Å²) >= 11 is 11.9. The van der Waals surface area contributed by atoms with Crippen LogP contribution in [0, 0.1) is 0 Å². The van der Waals surface area contributed by atoms with E-state index in [2.05, 4.69) is 5.32 Å². The summed E-state index contributed by atoms with van der Waals surface area (Å²) in [6, 6.07) is 3.97. The third-order valence-corrected chi connectivity index (χ3v) is 7.63. The summed E-state index contributed by atoms with van der Waals surface area (Å²) in [7, 11) is -6.98. The van der Waals surface area contributed by atoms with Crippen LogP contribution in [0.4, 0.5) is 4.79 Å². The van der Waals surface area contributed by atoms with E-state index in [1.807, 2.05) is 0 Å². The maximum absolute atomic E-state index is 12.7. The first kappa shape index (κ1) is 21.2. The van der Waals surface area contributed by atoms with Gasteiger partial charge in [0, 0.05) is 39.0 Å². The molecule has 1 aromatic carbocycles. The van der Waals surface area contributed by atoms with E-state index < -0.39 is 25.9 Å². The molecule has 8 nitrogen and oxygen atoms in total. The molecule has 1 fully saturated rings. The zero-order valence-electron chi connectivity index (χ0n) is 14.0. The zero-order valence-corrected chi connectivity index (χ0v) is 17.1. The number of sulfone groups is 1. The summed E-state index contributed by atoms with van der Waals surface area (Å²) in [4.78, 5) is 13.4. The number of urea groups is 1. The lowest BCUT2D eigenvalue weighted by Crippen LogP contribution is -2.53. The largest absolute Gasteiger partial charge is 0.337 e. The quantitative estimate of drug-likeness (QED) is 0.732. The Labute approximate surface area is 163 Å². The Morgan fingerprint density at radius 1 is 1.12 bits per heavy atom. The molecule has 1 N–H and O–H groups in total. The van der Waals surface area contributed by atoms with Crippen LogP contribution in [0.25, 0.3) is 0 Å². The Morgan fingerprint density at radius 2 is 1.73 bits per heavy atom. The van der Waals surface area contributed by atoms with Gasteiger partial charge in [-0.15, -0.1) is 0 Å². The van der Waals surface area contributed by atoms with Gasteiger partial charge in [-0.2, -0.15) is 4.31 Å². The van der Waals surface area contributed by atoms with Gasteiger partial charge in [-0.1, -0.05) is 29.3 Å². The summed E-state index contributed by atoms with van der Waals surface area (Å²) in [5.41, 5.74) is 0. The minimum Gasteiger partial charge on any atom is -0.337 e. The number of hydrogen-bond donors (Lipinski definition) is 1. The molecule has 146 valence electrons. The number of sulfonamides is 1. The molecule has 26 heavy (non-hydrogen) atoms. The van der Waals surface area contributed by atoms with E-state index in [0.29, 0.717) is 0 Å². The van der Waals surface area contributed by atoms with Crippen LogP contribution in [-0.4, -0.2) is 76.8 Å². The van der Waals surface area contributed by atoms with E-state index in [-0.39, 0.29) is 53.4 Å². The molecular formula is C14H19Cl2N3O5S2. The number of carbonyl (C=O) groups is 1. The molecular weight excluding hydrogens is 425 g/mol. The molecule has 1 saturated heterocycles. The molecule has 0 atom stereocenters. The summed E-state index contributed by atoms with van der Waals surface area (Å²) in [5.74, 6) is -0.152. The first-order valence-corrected chi connectivity index (χ1v) is 11.9. The summed E-state index contributed by atoms with van der Waals surface area (Å²) < 4.78 is 48.8. The van der Waals surface area contributed by atoms with Crippen molar-refractivity contribution in [3.8, 4) is 0 Å². The van der Waals surface area contributed by atoms with E-state index in [0.717, 1.165) is 6.26 Å². The number of piperazine rings is 1. The van der Waals surface area contributed by atoms with Crippen LogP contribution in [-0.2, 0) is 19.9 Å². The van der Waals surface area contributed by atoms with Crippen LogP contribution in [0.5, 0.6) is 0 Å². The Morgan fingerprint density at radius 3 is 2.31 bits per heavy atom. The molecule has 0 unspecified atom stereocenters. The molecule has 0 aliphatic carbocycles. The van der Waals surface area contributed by atoms with Gasteiger partial charge in [-0.3, -0.25) is 0 Å². The molecule has 12 heteroatoms. The van der Waals surface area contributed by atoms with Crippen LogP contribution in [0.3, 0.4) is 0 Å². The normalized spacial score (nSPS) is 16.5. The third kappa shape index (κ3) is 5.23. The Kier molecular flexibility index (Phi) is 6.78. The monoisotopic (exact) mass is 443 g/mol. The van der Waals surface area contributed by atoms with Crippen molar-refractivity contribution in [2.45, 2.75) is 4.90 Å². The van der Waals surface area contributed by atoms with E-state index in [4.69, 9.17) is 23.2 Å². The second kappa shape index (κ2) is 8.30. The molecule has 1 aliphatic rings. The average Bonchev–Trinajstić information content (AvgIpc) is 2.56. The van der Waals surface area contributed by atoms with Gasteiger partial charge >= 0.3 is 6.03 Å². The highest BCUT2D eigenvalue weighted by Crippen LogP contribution is 2.31. The van der Waals surface area contributed by atoms with Crippen LogP contribution < -0.4 is 5.32 Å². The van der Waals surface area contributed by atoms with Gasteiger partial charge in [0.1, 0.15) is 14.7 Å². The first-order valence-electron chi connectivity index (χ1n) is 7.67. The average molecular weight is 444 g/mol. The van der Waals surface area contributed by atoms with Gasteiger partial charge < -0.3 is 10.2 Å². The van der Waals surface area contributed by atoms with E-state index >= 15 is 0 Å². The van der Waals surface area contributed by atoms with Crippen molar-refractivity contribution >= 4 is 49.1 Å². The molecule has 0 radical (unpaired) electrons. The second-order valence-electron chi connectivity index (χ2n) is 5.80. The number of rotatable bonds is 5. The fourth-order valence-electron chi connectivity index (χ4n) is 2.41. The lowest BCUT2D eigenvalue weighted by atomic mass is 10.4. The minimum atomic E-state index is -3.82. The maximum Gasteiger partial charge on any atom is 0.317 e. The topological polar surface area (TPSA) is 104 Å². The summed E-state index contributed by atoms with van der Waals surface area (Å²) in [5, 5.41) is 2.63. The second-order valence-corrected chi connectivity index (χ2v) is 10.8. The smallest absolute Gasteiger partial charge is 0.317 e. The van der Waals surface area contributed by atoms with Crippen LogP contribution in [0.2, 0.25) is 10.0 Å². The van der Waals surface area contributed by atoms with E-state index in [1.165, 1.54) is 27.4 Å². The van der Waals surface area contributed by atoms with Gasteiger partial charge in [0.25, 0.3) is 0 Å². The molecule has 0 spiro atoms. The standard InChI is InChI=1S/C14H19Cl2N3O5S2/c1-25(21,22)10-5-17-14(20)18-6-8-19(9-7-18)26(23,24)12-4-2-3-11(15)13(12)16/h2-4H,5-10H2,1H3,(H,17,20). The molecule has 2 amide bonds. The van der Waals surface area contributed by atoms with Crippen LogP contribution >= 0.6 is 23.2 Å². The first-order chi connectivity index (χ1) is 12.0. The predicted molar refractivity (Wildman–Crippen MR) is 99.9 cm³/mol. The highest BCUT2D eigenvalue weighted by atomic mass is 35.5. The van der Waals surface area contributed by atoms with Gasteiger partial charge in [0.15, 0.2) is 0 Å². The highest BCUT2D eigenvalue weighted by molar-refractivity contribution is 7.90. The lowest BCUT2D eigenvalue weighted by Gasteiger charge is -2.34. The van der Waals surface area contributed by atoms with Crippen molar-refractivity contribution in [2.75, 3.05) is 44.7 Å². The molecule has 1 heterocycles. The molecule has 2 rings (SSSR count). The Balaban J connectivity index is 1.97. The minimum absolute atomic E-state index is 0.00824. The number of halogens is 2. The number of hydrogen-bond acceptors (Lipinski definition) is 5. The predicted octanol–water partition coefficient (Wildman–Crippen LogP) is 1.05. The Hall–Kier alpha value is -1.07. The molecule has 0 saturated carbocycles. The molecule has 1 aromatic rings. The Bertz CT molecular complexity index is 882. The zero-order chi connectivity index (χ0) is 19.5. The van der Waals surface area contributed by atoms with Gasteiger partial charge in [-0.05, 0) is 12.1 Å². The number of nitrogens with zero attached hydrogens (tertiary/aromatic N) is 2. The van der Waals surface area contributed by atoms with Crippen molar-refractivity contribution < 1.29 is 21.6 Å². The number of nitrogens with one attached hydrogen (secondary N) is 1. The number of benzene rings is 1.